The molecule has 0 saturated heterocycles. The van der Waals surface area contributed by atoms with Gasteiger partial charge in [0, 0.05) is 17.0 Å². The number of H-pyrrole nitrogens is 1. The molecule has 5 rings (SSSR count). The molecule has 0 spiro atoms. The Morgan fingerprint density at radius 3 is 2.54 bits per heavy atom. The second-order valence-electron chi connectivity index (χ2n) is 10.1. The highest BCUT2D eigenvalue weighted by atomic mass is 32.2. The van der Waals surface area contributed by atoms with Crippen molar-refractivity contribution in [2.24, 2.45) is 0 Å². The van der Waals surface area contributed by atoms with Gasteiger partial charge < -0.3 is 20.2 Å². The van der Waals surface area contributed by atoms with E-state index in [2.05, 4.69) is 14.8 Å². The van der Waals surface area contributed by atoms with Gasteiger partial charge in [0.2, 0.25) is 15.8 Å². The number of hydrogen-bond acceptors (Lipinski definition) is 7. The zero-order valence-electron chi connectivity index (χ0n) is 24.0. The maximum atomic E-state index is 15.3. The Labute approximate surface area is 259 Å². The number of nitrogens with one attached hydrogen (secondary N) is 2. The highest BCUT2D eigenvalue weighted by molar-refractivity contribution is 7.92. The Balaban J connectivity index is 1.45. The SMILES string of the molecule is Cc1cc(Oc2ccccc2F)cc(F)c1-n1ncc(C(=O)c2cc3cc(OCC(F)F)c(NS(=O)(=O)CCCF)cc3[nH]2)c1N. The number of rotatable bonds is 13. The van der Waals surface area contributed by atoms with Crippen LogP contribution < -0.4 is 19.9 Å². The van der Waals surface area contributed by atoms with Gasteiger partial charge >= 0.3 is 0 Å². The molecule has 5 aromatic rings. The van der Waals surface area contributed by atoms with Crippen LogP contribution in [0.2, 0.25) is 0 Å². The molecule has 2 aromatic heterocycles. The molecule has 0 unspecified atom stereocenters. The van der Waals surface area contributed by atoms with Crippen LogP contribution in [0.4, 0.5) is 33.5 Å². The molecule has 4 N–H and O–H groups in total. The van der Waals surface area contributed by atoms with E-state index in [1.165, 1.54) is 42.5 Å². The zero-order valence-corrected chi connectivity index (χ0v) is 24.8. The summed E-state index contributed by atoms with van der Waals surface area (Å²) in [5.74, 6) is -3.22. The van der Waals surface area contributed by atoms with Crippen molar-refractivity contribution in [1.82, 2.24) is 14.8 Å². The van der Waals surface area contributed by atoms with Gasteiger partial charge in [-0.05, 0) is 55.3 Å². The van der Waals surface area contributed by atoms with Crippen LogP contribution in [0.5, 0.6) is 17.2 Å². The minimum atomic E-state index is -4.06. The molecule has 3 aromatic carbocycles. The quantitative estimate of drug-likeness (QED) is 0.0993. The van der Waals surface area contributed by atoms with Gasteiger partial charge in [0.1, 0.15) is 29.6 Å². The van der Waals surface area contributed by atoms with E-state index in [1.807, 2.05) is 0 Å². The first-order valence-electron chi connectivity index (χ1n) is 13.6. The summed E-state index contributed by atoms with van der Waals surface area (Å²) in [5, 5.41) is 4.39. The third-order valence-electron chi connectivity index (χ3n) is 6.70. The number of ketones is 1. The number of benzene rings is 3. The smallest absolute Gasteiger partial charge is 0.272 e. The summed E-state index contributed by atoms with van der Waals surface area (Å²) in [6, 6.07) is 12.0. The number of nitrogens with two attached hydrogens (primary N) is 1. The van der Waals surface area contributed by atoms with Crippen LogP contribution in [-0.4, -0.2) is 54.4 Å². The van der Waals surface area contributed by atoms with E-state index < -0.39 is 52.9 Å². The number of aryl methyl sites for hydroxylation is 1. The Morgan fingerprint density at radius 1 is 1.09 bits per heavy atom. The van der Waals surface area contributed by atoms with Crippen LogP contribution in [0.15, 0.2) is 60.8 Å². The van der Waals surface area contributed by atoms with Crippen molar-refractivity contribution in [3.05, 3.63) is 89.2 Å². The van der Waals surface area contributed by atoms with Crippen LogP contribution >= 0.6 is 0 Å². The van der Waals surface area contributed by atoms with Gasteiger partial charge in [0.05, 0.1) is 35.6 Å². The predicted molar refractivity (Wildman–Crippen MR) is 160 cm³/mol. The molecule has 0 aliphatic rings. The van der Waals surface area contributed by atoms with Crippen molar-refractivity contribution < 1.29 is 44.6 Å². The Bertz CT molecular complexity index is 2010. The number of hydrogen-bond donors (Lipinski definition) is 3. The van der Waals surface area contributed by atoms with Gasteiger partial charge in [-0.3, -0.25) is 13.9 Å². The second-order valence-corrected chi connectivity index (χ2v) is 11.9. The summed E-state index contributed by atoms with van der Waals surface area (Å²) in [6.45, 7) is -0.370. The molecule has 2 heterocycles. The first kappa shape index (κ1) is 32.3. The van der Waals surface area contributed by atoms with Crippen molar-refractivity contribution in [2.75, 3.05) is 29.5 Å². The van der Waals surface area contributed by atoms with Gasteiger partial charge in [-0.2, -0.15) is 5.10 Å². The number of para-hydroxylation sites is 1. The van der Waals surface area contributed by atoms with Crippen molar-refractivity contribution in [3.63, 3.8) is 0 Å². The minimum absolute atomic E-state index is 0.0184. The number of carbonyl (C=O) groups excluding carboxylic acids is 1. The summed E-state index contributed by atoms with van der Waals surface area (Å²) >= 11 is 0. The standard InChI is InChI=1S/C30H26F5N5O5S/c1-16-9-18(45-25-6-3-2-5-20(25)32)12-21(33)28(16)40-30(36)19(14-37-40)29(41)24-10-17-11-26(44-15-27(34)35)23(13-22(17)38-24)39-46(42,43)8-4-7-31/h2-3,5-6,9-14,27,38-39H,4,7-8,15,36H2,1H3. The van der Waals surface area contributed by atoms with Crippen LogP contribution in [0, 0.1) is 18.6 Å². The molecule has 0 saturated carbocycles. The zero-order chi connectivity index (χ0) is 33.2. The molecule has 0 atom stereocenters. The molecule has 0 radical (unpaired) electrons. The number of halogens is 5. The first-order valence-corrected chi connectivity index (χ1v) is 15.3. The number of sulfonamides is 1. The topological polar surface area (TPSA) is 141 Å². The lowest BCUT2D eigenvalue weighted by Crippen LogP contribution is -2.18. The van der Waals surface area contributed by atoms with Gasteiger partial charge in [-0.1, -0.05) is 12.1 Å². The van der Waals surface area contributed by atoms with E-state index in [4.69, 9.17) is 15.2 Å². The number of aromatic nitrogens is 3. The highest BCUT2D eigenvalue weighted by Crippen LogP contribution is 2.34. The molecule has 0 amide bonds. The molecule has 16 heteroatoms. The molecule has 0 aliphatic heterocycles. The number of ether oxygens (including phenoxy) is 2. The van der Waals surface area contributed by atoms with E-state index >= 15 is 4.39 Å². The number of nitrogens with zero attached hydrogens (tertiary/aromatic N) is 2. The summed E-state index contributed by atoms with van der Waals surface area (Å²) in [6.07, 6.45) is -2.01. The van der Waals surface area contributed by atoms with Crippen LogP contribution in [-0.2, 0) is 10.0 Å². The molecule has 10 nitrogen and oxygen atoms in total. The number of fused-ring (bicyclic) bond motifs is 1. The van der Waals surface area contributed by atoms with E-state index in [1.54, 1.807) is 13.0 Å². The summed E-state index contributed by atoms with van der Waals surface area (Å²) in [4.78, 5) is 16.3. The number of nitrogen functional groups attached to an aromatic ring is 1. The number of alkyl halides is 3. The van der Waals surface area contributed by atoms with E-state index in [0.29, 0.717) is 10.9 Å². The lowest BCUT2D eigenvalue weighted by atomic mass is 10.1. The molecular weight excluding hydrogens is 637 g/mol. The fourth-order valence-electron chi connectivity index (χ4n) is 4.64. The highest BCUT2D eigenvalue weighted by Gasteiger charge is 2.24. The van der Waals surface area contributed by atoms with Crippen LogP contribution in [0.1, 0.15) is 28.0 Å². The third-order valence-corrected chi connectivity index (χ3v) is 8.05. The Kier molecular flexibility index (Phi) is 9.18. The van der Waals surface area contributed by atoms with Gasteiger partial charge in [0.25, 0.3) is 6.43 Å². The van der Waals surface area contributed by atoms with E-state index in [-0.39, 0.29) is 57.6 Å². The van der Waals surface area contributed by atoms with Gasteiger partial charge in [-0.25, -0.2) is 30.7 Å². The third kappa shape index (κ3) is 6.91. The molecule has 242 valence electrons. The lowest BCUT2D eigenvalue weighted by Gasteiger charge is -2.14. The fraction of sp³-hybridized carbons (Fsp3) is 0.200. The second kappa shape index (κ2) is 13.1. The monoisotopic (exact) mass is 663 g/mol. The molecular formula is C30H26F5N5O5S. The van der Waals surface area contributed by atoms with Crippen molar-refractivity contribution in [3.8, 4) is 22.9 Å². The van der Waals surface area contributed by atoms with Crippen LogP contribution in [0.3, 0.4) is 0 Å². The van der Waals surface area contributed by atoms with E-state index in [9.17, 15) is 30.8 Å². The Morgan fingerprint density at radius 2 is 1.85 bits per heavy atom. The molecule has 0 aliphatic carbocycles. The van der Waals surface area contributed by atoms with E-state index in [0.717, 1.165) is 16.9 Å². The average Bonchev–Trinajstić information content (AvgIpc) is 3.58. The first-order chi connectivity index (χ1) is 21.9. The predicted octanol–water partition coefficient (Wildman–Crippen LogP) is 6.29. The number of carbonyl (C=O) groups is 1. The van der Waals surface area contributed by atoms with Crippen molar-refractivity contribution in [1.29, 1.82) is 0 Å². The van der Waals surface area contributed by atoms with Gasteiger partial charge in [0.15, 0.2) is 17.4 Å². The normalized spacial score (nSPS) is 11.7. The number of anilines is 2. The number of aromatic amines is 1. The van der Waals surface area contributed by atoms with Crippen LogP contribution in [0.25, 0.3) is 16.6 Å². The van der Waals surface area contributed by atoms with Gasteiger partial charge in [-0.15, -0.1) is 0 Å². The molecule has 46 heavy (non-hydrogen) atoms. The van der Waals surface area contributed by atoms with Crippen molar-refractivity contribution in [2.45, 2.75) is 19.8 Å². The maximum Gasteiger partial charge on any atom is 0.272 e. The van der Waals surface area contributed by atoms with Crippen molar-refractivity contribution >= 4 is 38.2 Å². The minimum Gasteiger partial charge on any atom is -0.485 e. The summed E-state index contributed by atoms with van der Waals surface area (Å²) < 4.78 is 106. The maximum absolute atomic E-state index is 15.3. The average molecular weight is 664 g/mol. The Hall–Kier alpha value is -5.12. The summed E-state index contributed by atoms with van der Waals surface area (Å²) in [5.41, 5.74) is 6.34. The largest absolute Gasteiger partial charge is 0.485 e. The fourth-order valence-corrected chi connectivity index (χ4v) is 5.73. The molecule has 0 bridgehead atoms. The molecule has 0 fully saturated rings. The summed E-state index contributed by atoms with van der Waals surface area (Å²) in [7, 11) is -4.06. The lowest BCUT2D eigenvalue weighted by molar-refractivity contribution is 0.0823.